The Morgan fingerprint density at radius 2 is 2.26 bits per heavy atom. The standard InChI is InChI=1S/C20H23N5OS/c1-14(2)24(13-17-10-15-6-5-7-18(15)27-17)20(26)23-16-11-22-25(12-16)19-8-3-4-9-21-19/h3-4,8-12,14H,5-7,13H2,1-2H3,(H,23,26). The number of rotatable bonds is 5. The van der Waals surface area contributed by atoms with Crippen LogP contribution in [0, 0.1) is 0 Å². The summed E-state index contributed by atoms with van der Waals surface area (Å²) in [6.07, 6.45) is 8.75. The van der Waals surface area contributed by atoms with Gasteiger partial charge in [-0.1, -0.05) is 6.07 Å². The third kappa shape index (κ3) is 3.88. The number of hydrogen-bond donors (Lipinski definition) is 1. The number of urea groups is 1. The first-order valence-electron chi connectivity index (χ1n) is 9.24. The van der Waals surface area contributed by atoms with Gasteiger partial charge in [0.2, 0.25) is 0 Å². The van der Waals surface area contributed by atoms with Gasteiger partial charge in [-0.3, -0.25) is 0 Å². The summed E-state index contributed by atoms with van der Waals surface area (Å²) in [7, 11) is 0. The maximum atomic E-state index is 12.8. The van der Waals surface area contributed by atoms with Crippen LogP contribution in [0.4, 0.5) is 10.5 Å². The molecule has 4 rings (SSSR count). The highest BCUT2D eigenvalue weighted by Crippen LogP contribution is 2.31. The van der Waals surface area contributed by atoms with Crippen molar-refractivity contribution in [2.24, 2.45) is 0 Å². The van der Waals surface area contributed by atoms with Gasteiger partial charge in [-0.15, -0.1) is 11.3 Å². The Morgan fingerprint density at radius 1 is 1.37 bits per heavy atom. The summed E-state index contributed by atoms with van der Waals surface area (Å²) in [4.78, 5) is 21.7. The lowest BCUT2D eigenvalue weighted by atomic mass is 10.2. The van der Waals surface area contributed by atoms with E-state index in [9.17, 15) is 4.79 Å². The van der Waals surface area contributed by atoms with Gasteiger partial charge in [-0.05, 0) is 56.9 Å². The van der Waals surface area contributed by atoms with Crippen molar-refractivity contribution >= 4 is 23.1 Å². The molecule has 0 radical (unpaired) electrons. The van der Waals surface area contributed by atoms with E-state index in [4.69, 9.17) is 0 Å². The van der Waals surface area contributed by atoms with Crippen molar-refractivity contribution in [3.63, 3.8) is 0 Å². The van der Waals surface area contributed by atoms with Gasteiger partial charge >= 0.3 is 6.03 Å². The lowest BCUT2D eigenvalue weighted by Crippen LogP contribution is -2.39. The summed E-state index contributed by atoms with van der Waals surface area (Å²) >= 11 is 1.85. The Balaban J connectivity index is 1.45. The fourth-order valence-corrected chi connectivity index (χ4v) is 4.58. The molecule has 7 heteroatoms. The van der Waals surface area contributed by atoms with Crippen molar-refractivity contribution in [1.29, 1.82) is 0 Å². The van der Waals surface area contributed by atoms with Gasteiger partial charge in [-0.25, -0.2) is 14.5 Å². The molecule has 6 nitrogen and oxygen atoms in total. The van der Waals surface area contributed by atoms with Crippen LogP contribution in [0.25, 0.3) is 5.82 Å². The van der Waals surface area contributed by atoms with Crippen LogP contribution < -0.4 is 5.32 Å². The summed E-state index contributed by atoms with van der Waals surface area (Å²) in [5.41, 5.74) is 2.13. The number of nitrogens with zero attached hydrogens (tertiary/aromatic N) is 4. The van der Waals surface area contributed by atoms with Gasteiger partial charge in [0.1, 0.15) is 0 Å². The van der Waals surface area contributed by atoms with Crippen LogP contribution in [0.5, 0.6) is 0 Å². The summed E-state index contributed by atoms with van der Waals surface area (Å²) in [5, 5.41) is 7.25. The second-order valence-electron chi connectivity index (χ2n) is 7.03. The Bertz CT molecular complexity index is 910. The van der Waals surface area contributed by atoms with Gasteiger partial charge in [0.25, 0.3) is 0 Å². The van der Waals surface area contributed by atoms with E-state index in [0.29, 0.717) is 18.1 Å². The average Bonchev–Trinajstić information content (AvgIpc) is 3.36. The number of pyridine rings is 1. The number of amides is 2. The molecule has 0 spiro atoms. The zero-order valence-electron chi connectivity index (χ0n) is 15.6. The molecule has 1 aliphatic carbocycles. The normalized spacial score (nSPS) is 13.0. The molecule has 0 aromatic carbocycles. The topological polar surface area (TPSA) is 63.1 Å². The molecule has 3 heterocycles. The van der Waals surface area contributed by atoms with E-state index in [-0.39, 0.29) is 12.1 Å². The van der Waals surface area contributed by atoms with E-state index in [0.717, 1.165) is 0 Å². The number of aromatic nitrogens is 3. The Kier molecular flexibility index (Phi) is 4.94. The maximum Gasteiger partial charge on any atom is 0.322 e. The molecule has 3 aromatic heterocycles. The Labute approximate surface area is 162 Å². The first-order chi connectivity index (χ1) is 13.1. The number of fused-ring (bicyclic) bond motifs is 1. The van der Waals surface area contributed by atoms with E-state index >= 15 is 0 Å². The fraction of sp³-hybridized carbons (Fsp3) is 0.350. The smallest absolute Gasteiger partial charge is 0.317 e. The predicted octanol–water partition coefficient (Wildman–Crippen LogP) is 4.26. The molecule has 3 aromatic rings. The van der Waals surface area contributed by atoms with Crippen molar-refractivity contribution in [1.82, 2.24) is 19.7 Å². The molecule has 0 bridgehead atoms. The molecule has 0 aliphatic heterocycles. The molecule has 140 valence electrons. The minimum atomic E-state index is -0.112. The fourth-order valence-electron chi connectivity index (χ4n) is 3.32. The number of carbonyl (C=O) groups is 1. The number of nitrogens with one attached hydrogen (secondary N) is 1. The van der Waals surface area contributed by atoms with E-state index in [1.54, 1.807) is 23.3 Å². The van der Waals surface area contributed by atoms with Gasteiger partial charge in [-0.2, -0.15) is 5.10 Å². The van der Waals surface area contributed by atoms with Crippen LogP contribution >= 0.6 is 11.3 Å². The molecule has 2 amide bonds. The van der Waals surface area contributed by atoms with Crippen LogP contribution in [-0.2, 0) is 19.4 Å². The molecule has 0 saturated heterocycles. The van der Waals surface area contributed by atoms with Crippen molar-refractivity contribution in [2.45, 2.75) is 45.7 Å². The predicted molar refractivity (Wildman–Crippen MR) is 107 cm³/mol. The SMILES string of the molecule is CC(C)N(Cc1cc2c(s1)CCC2)C(=O)Nc1cnn(-c2ccccn2)c1. The van der Waals surface area contributed by atoms with E-state index in [2.05, 4.69) is 21.5 Å². The minimum Gasteiger partial charge on any atom is -0.317 e. The van der Waals surface area contributed by atoms with E-state index in [1.165, 1.54) is 34.6 Å². The third-order valence-corrected chi connectivity index (χ3v) is 5.95. The van der Waals surface area contributed by atoms with Crippen molar-refractivity contribution in [3.05, 3.63) is 58.2 Å². The summed E-state index contributed by atoms with van der Waals surface area (Å²) in [6.45, 7) is 4.71. The van der Waals surface area contributed by atoms with Gasteiger partial charge < -0.3 is 10.2 Å². The van der Waals surface area contributed by atoms with Crippen LogP contribution in [0.15, 0.2) is 42.9 Å². The quantitative estimate of drug-likeness (QED) is 0.718. The molecule has 0 fully saturated rings. The molecule has 1 N–H and O–H groups in total. The minimum absolute atomic E-state index is 0.104. The van der Waals surface area contributed by atoms with Gasteiger partial charge in [0, 0.05) is 22.0 Å². The monoisotopic (exact) mass is 381 g/mol. The van der Waals surface area contributed by atoms with E-state index < -0.39 is 0 Å². The third-order valence-electron chi connectivity index (χ3n) is 4.73. The van der Waals surface area contributed by atoms with Crippen LogP contribution in [0.3, 0.4) is 0 Å². The number of anilines is 1. The number of aryl methyl sites for hydroxylation is 2. The Morgan fingerprint density at radius 3 is 3.00 bits per heavy atom. The Hall–Kier alpha value is -2.67. The van der Waals surface area contributed by atoms with Crippen molar-refractivity contribution in [2.75, 3.05) is 5.32 Å². The van der Waals surface area contributed by atoms with Crippen molar-refractivity contribution in [3.8, 4) is 5.82 Å². The highest BCUT2D eigenvalue weighted by atomic mass is 32.1. The molecule has 0 atom stereocenters. The summed E-state index contributed by atoms with van der Waals surface area (Å²) in [6, 6.07) is 7.90. The summed E-state index contributed by atoms with van der Waals surface area (Å²) in [5.74, 6) is 0.715. The average molecular weight is 382 g/mol. The molecule has 0 saturated carbocycles. The largest absolute Gasteiger partial charge is 0.322 e. The van der Waals surface area contributed by atoms with Crippen LogP contribution in [-0.4, -0.2) is 31.7 Å². The molecule has 0 unspecified atom stereocenters. The second kappa shape index (κ2) is 7.52. The maximum absolute atomic E-state index is 12.8. The highest BCUT2D eigenvalue weighted by molar-refractivity contribution is 7.12. The number of hydrogen-bond acceptors (Lipinski definition) is 4. The zero-order chi connectivity index (χ0) is 18.8. The van der Waals surface area contributed by atoms with Crippen LogP contribution in [0.1, 0.15) is 35.6 Å². The van der Waals surface area contributed by atoms with Crippen LogP contribution in [0.2, 0.25) is 0 Å². The van der Waals surface area contributed by atoms with Gasteiger partial charge in [0.15, 0.2) is 5.82 Å². The lowest BCUT2D eigenvalue weighted by Gasteiger charge is -2.26. The molecular weight excluding hydrogens is 358 g/mol. The summed E-state index contributed by atoms with van der Waals surface area (Å²) < 4.78 is 1.65. The highest BCUT2D eigenvalue weighted by Gasteiger charge is 2.21. The number of thiophene rings is 1. The lowest BCUT2D eigenvalue weighted by molar-refractivity contribution is 0.194. The zero-order valence-corrected chi connectivity index (χ0v) is 16.4. The molecule has 1 aliphatic rings. The first-order valence-corrected chi connectivity index (χ1v) is 10.1. The van der Waals surface area contributed by atoms with Crippen molar-refractivity contribution < 1.29 is 4.79 Å². The van der Waals surface area contributed by atoms with Gasteiger partial charge in [0.05, 0.1) is 24.6 Å². The first kappa shape index (κ1) is 17.7. The molecular formula is C20H23N5OS. The number of carbonyl (C=O) groups excluding carboxylic acids is 1. The second-order valence-corrected chi connectivity index (χ2v) is 8.25. The van der Waals surface area contributed by atoms with E-state index in [1.807, 2.05) is 48.3 Å². The molecule has 27 heavy (non-hydrogen) atoms.